The van der Waals surface area contributed by atoms with Crippen molar-refractivity contribution >= 4 is 22.1 Å². The van der Waals surface area contributed by atoms with Crippen LogP contribution in [0.25, 0.3) is 0 Å². The Kier molecular flexibility index (Phi) is 8.35. The summed E-state index contributed by atoms with van der Waals surface area (Å²) in [6.45, 7) is 0.881. The third-order valence-corrected chi connectivity index (χ3v) is 7.28. The van der Waals surface area contributed by atoms with E-state index < -0.39 is 16.1 Å². The van der Waals surface area contributed by atoms with Crippen LogP contribution in [0.3, 0.4) is 0 Å². The van der Waals surface area contributed by atoms with Crippen molar-refractivity contribution in [2.24, 2.45) is 0 Å². The normalized spacial score (nSPS) is 21.2. The van der Waals surface area contributed by atoms with Gasteiger partial charge in [0, 0.05) is 19.1 Å². The average Bonchev–Trinajstić information content (AvgIpc) is 3.13. The molecule has 2 N–H and O–H groups in total. The number of hydrogen-bond donors (Lipinski definition) is 2. The van der Waals surface area contributed by atoms with E-state index in [-0.39, 0.29) is 11.7 Å². The van der Waals surface area contributed by atoms with Crippen LogP contribution in [0.4, 0.5) is 6.01 Å². The Balaban J connectivity index is 1.57. The molecule has 29 heavy (non-hydrogen) atoms. The van der Waals surface area contributed by atoms with Crippen LogP contribution in [0, 0.1) is 0 Å². The lowest BCUT2D eigenvalue weighted by molar-refractivity contribution is 0.0974. The molecule has 0 bridgehead atoms. The van der Waals surface area contributed by atoms with Crippen LogP contribution in [0.5, 0.6) is 0 Å². The van der Waals surface area contributed by atoms with Gasteiger partial charge in [0.25, 0.3) is 11.9 Å². The molecule has 8 nitrogen and oxygen atoms in total. The van der Waals surface area contributed by atoms with Crippen LogP contribution in [0.1, 0.15) is 94.0 Å². The minimum atomic E-state index is -3.90. The number of nitrogens with zero attached hydrogens (tertiary/aromatic N) is 2. The molecule has 1 amide bonds. The largest absolute Gasteiger partial charge is 0.431 e. The maximum absolute atomic E-state index is 12.8. The highest BCUT2D eigenvalue weighted by atomic mass is 32.2. The summed E-state index contributed by atoms with van der Waals surface area (Å²) in [5, 5.41) is 3.20. The van der Waals surface area contributed by atoms with Crippen LogP contribution in [0.2, 0.25) is 0 Å². The number of hydrogen-bond acceptors (Lipinski definition) is 6. The Morgan fingerprint density at radius 2 is 1.48 bits per heavy atom. The van der Waals surface area contributed by atoms with Crippen molar-refractivity contribution in [3.63, 3.8) is 0 Å². The molecule has 0 spiro atoms. The second-order valence-corrected chi connectivity index (χ2v) is 9.85. The van der Waals surface area contributed by atoms with E-state index in [9.17, 15) is 13.2 Å². The Bertz CT molecular complexity index is 731. The Hall–Kier alpha value is -1.61. The van der Waals surface area contributed by atoms with Crippen molar-refractivity contribution in [1.29, 1.82) is 0 Å². The fraction of sp³-hybridized carbons (Fsp3) is 0.800. The lowest BCUT2D eigenvalue weighted by atomic mass is 9.96. The van der Waals surface area contributed by atoms with Crippen LogP contribution in [0.15, 0.2) is 10.7 Å². The van der Waals surface area contributed by atoms with E-state index in [0.717, 1.165) is 51.4 Å². The lowest BCUT2D eigenvalue weighted by Crippen LogP contribution is -2.44. The van der Waals surface area contributed by atoms with Gasteiger partial charge in [-0.2, -0.15) is 17.7 Å². The molecule has 0 radical (unpaired) electrons. The number of carbonyl (C=O) groups is 1. The van der Waals surface area contributed by atoms with Crippen molar-refractivity contribution < 1.29 is 17.6 Å². The monoisotopic (exact) mass is 426 g/mol. The van der Waals surface area contributed by atoms with Crippen molar-refractivity contribution in [3.05, 3.63) is 12.0 Å². The highest BCUT2D eigenvalue weighted by Crippen LogP contribution is 2.21. The van der Waals surface area contributed by atoms with Crippen LogP contribution < -0.4 is 10.0 Å². The summed E-state index contributed by atoms with van der Waals surface area (Å²) in [6, 6.07) is 0.565. The van der Waals surface area contributed by atoms with E-state index in [1.54, 1.807) is 0 Å². The Labute approximate surface area is 174 Å². The second kappa shape index (κ2) is 11.0. The Morgan fingerprint density at radius 3 is 2.10 bits per heavy atom. The maximum atomic E-state index is 12.8. The fourth-order valence-electron chi connectivity index (χ4n) is 4.09. The zero-order chi connectivity index (χ0) is 20.5. The van der Waals surface area contributed by atoms with Crippen LogP contribution in [-0.4, -0.2) is 42.7 Å². The van der Waals surface area contributed by atoms with Crippen LogP contribution in [-0.2, 0) is 10.2 Å². The van der Waals surface area contributed by atoms with Gasteiger partial charge in [0.15, 0.2) is 5.69 Å². The number of amides is 1. The third-order valence-electron chi connectivity index (χ3n) is 5.80. The molecule has 2 fully saturated rings. The molecular weight excluding hydrogens is 392 g/mol. The van der Waals surface area contributed by atoms with E-state index in [1.165, 1.54) is 42.7 Å². The highest BCUT2D eigenvalue weighted by molar-refractivity contribution is 7.87. The molecule has 1 saturated carbocycles. The van der Waals surface area contributed by atoms with Gasteiger partial charge in [0.2, 0.25) is 0 Å². The van der Waals surface area contributed by atoms with Gasteiger partial charge in [-0.1, -0.05) is 57.8 Å². The molecule has 0 aromatic carbocycles. The van der Waals surface area contributed by atoms with E-state index in [2.05, 4.69) is 15.0 Å². The first-order chi connectivity index (χ1) is 14.0. The summed E-state index contributed by atoms with van der Waals surface area (Å²) in [4.78, 5) is 16.6. The van der Waals surface area contributed by atoms with Gasteiger partial charge in [-0.3, -0.25) is 4.79 Å². The molecule has 1 saturated heterocycles. The summed E-state index contributed by atoms with van der Waals surface area (Å²) >= 11 is 0. The summed E-state index contributed by atoms with van der Waals surface area (Å²) in [6.07, 6.45) is 15.2. The molecular formula is C20H34N4O4S. The summed E-state index contributed by atoms with van der Waals surface area (Å²) < 4.78 is 34.4. The number of carbonyl (C=O) groups excluding carboxylic acids is 1. The predicted molar refractivity (Wildman–Crippen MR) is 112 cm³/mol. The number of rotatable bonds is 5. The molecule has 1 aliphatic carbocycles. The van der Waals surface area contributed by atoms with Crippen molar-refractivity contribution in [2.75, 3.05) is 18.4 Å². The number of anilines is 1. The maximum Gasteiger partial charge on any atom is 0.304 e. The molecule has 9 heteroatoms. The standard InChI is InChI=1S/C20H34N4O4S/c25-19(18-16-28-20(22-18)21-17-12-8-7-9-13-17)23-29(26,27)24-14-10-5-3-1-2-4-6-11-15-24/h16-17H,1-15H2,(H,21,22)(H,23,25). The topological polar surface area (TPSA) is 105 Å². The molecule has 164 valence electrons. The second-order valence-electron chi connectivity index (χ2n) is 8.18. The zero-order valence-corrected chi connectivity index (χ0v) is 18.0. The molecule has 1 aromatic rings. The SMILES string of the molecule is O=C(NS(=O)(=O)N1CCCCCCCCCC1)c1coc(NC2CCCCC2)n1. The molecule has 2 heterocycles. The highest BCUT2D eigenvalue weighted by Gasteiger charge is 2.26. The first-order valence-electron chi connectivity index (χ1n) is 11.1. The predicted octanol–water partition coefficient (Wildman–Crippen LogP) is 3.83. The first kappa shape index (κ1) is 22.1. The van der Waals surface area contributed by atoms with Gasteiger partial charge in [0.1, 0.15) is 6.26 Å². The quantitative estimate of drug-likeness (QED) is 0.741. The lowest BCUT2D eigenvalue weighted by Gasteiger charge is -2.22. The molecule has 0 unspecified atom stereocenters. The van der Waals surface area contributed by atoms with Gasteiger partial charge >= 0.3 is 10.2 Å². The van der Waals surface area contributed by atoms with E-state index in [4.69, 9.17) is 4.42 Å². The molecule has 3 rings (SSSR count). The van der Waals surface area contributed by atoms with Gasteiger partial charge in [-0.15, -0.1) is 0 Å². The van der Waals surface area contributed by atoms with Crippen molar-refractivity contribution in [1.82, 2.24) is 14.0 Å². The fourth-order valence-corrected chi connectivity index (χ4v) is 5.30. The molecule has 1 aromatic heterocycles. The molecule has 0 atom stereocenters. The smallest absolute Gasteiger partial charge is 0.304 e. The Morgan fingerprint density at radius 1 is 0.931 bits per heavy atom. The summed E-state index contributed by atoms with van der Waals surface area (Å²) in [5.41, 5.74) is -0.0234. The summed E-state index contributed by atoms with van der Waals surface area (Å²) in [5.74, 6) is -0.750. The van der Waals surface area contributed by atoms with Crippen molar-refractivity contribution in [2.45, 2.75) is 89.5 Å². The van der Waals surface area contributed by atoms with Crippen molar-refractivity contribution in [3.8, 4) is 0 Å². The molecule has 2 aliphatic rings. The first-order valence-corrected chi connectivity index (χ1v) is 12.5. The third kappa shape index (κ3) is 6.99. The van der Waals surface area contributed by atoms with Crippen LogP contribution >= 0.6 is 0 Å². The van der Waals surface area contributed by atoms with Gasteiger partial charge in [-0.25, -0.2) is 4.72 Å². The van der Waals surface area contributed by atoms with E-state index in [1.807, 2.05) is 0 Å². The average molecular weight is 427 g/mol. The van der Waals surface area contributed by atoms with Gasteiger partial charge in [0.05, 0.1) is 0 Å². The van der Waals surface area contributed by atoms with Gasteiger partial charge in [-0.05, 0) is 25.7 Å². The van der Waals surface area contributed by atoms with E-state index >= 15 is 0 Å². The minimum absolute atomic E-state index is 0.0234. The zero-order valence-electron chi connectivity index (χ0n) is 17.2. The minimum Gasteiger partial charge on any atom is -0.431 e. The van der Waals surface area contributed by atoms with Gasteiger partial charge < -0.3 is 9.73 Å². The summed E-state index contributed by atoms with van der Waals surface area (Å²) in [7, 11) is -3.90. The molecule has 1 aliphatic heterocycles. The van der Waals surface area contributed by atoms with E-state index in [0.29, 0.717) is 19.1 Å². The number of aromatic nitrogens is 1. The number of nitrogens with one attached hydrogen (secondary N) is 2. The number of oxazole rings is 1.